The minimum Gasteiger partial charge on any atom is -0.497 e. The minimum absolute atomic E-state index is 0.210. The lowest BCUT2D eigenvalue weighted by Gasteiger charge is -2.18. The predicted octanol–water partition coefficient (Wildman–Crippen LogP) is 7.27. The zero-order valence-corrected chi connectivity index (χ0v) is 25.8. The lowest BCUT2D eigenvalue weighted by molar-refractivity contribution is -0.111. The summed E-state index contributed by atoms with van der Waals surface area (Å²) in [4.78, 5) is 28.9. The number of hydrogen-bond acceptors (Lipinski definition) is 8. The van der Waals surface area contributed by atoms with Crippen LogP contribution in [0.2, 0.25) is 5.02 Å². The molecular weight excluding hydrogens is 588 g/mol. The molecule has 1 aliphatic heterocycles. The smallest absolute Gasteiger partial charge is 0.248 e. The maximum Gasteiger partial charge on any atom is 0.248 e. The highest BCUT2D eigenvalue weighted by atomic mass is 35.5. The van der Waals surface area contributed by atoms with Crippen LogP contribution in [0.3, 0.4) is 0 Å². The van der Waals surface area contributed by atoms with E-state index in [0.717, 1.165) is 41.6 Å². The van der Waals surface area contributed by atoms with Crippen LogP contribution in [0.25, 0.3) is 22.0 Å². The highest BCUT2D eigenvalue weighted by Crippen LogP contribution is 2.40. The quantitative estimate of drug-likeness (QED) is 0.157. The molecule has 2 aromatic heterocycles. The molecule has 1 fully saturated rings. The van der Waals surface area contributed by atoms with Crippen molar-refractivity contribution in [2.75, 3.05) is 31.3 Å². The van der Waals surface area contributed by atoms with E-state index >= 15 is 0 Å². The Hall–Kier alpha value is -4.99. The molecule has 6 rings (SSSR count). The molecule has 0 saturated carbocycles. The van der Waals surface area contributed by atoms with Crippen molar-refractivity contribution in [2.24, 2.45) is 0 Å². The van der Waals surface area contributed by atoms with Crippen LogP contribution in [-0.2, 0) is 11.4 Å². The Morgan fingerprint density at radius 2 is 1.98 bits per heavy atom. The number of carbonyl (C=O) groups is 1. The molecule has 45 heavy (non-hydrogen) atoms. The zero-order valence-electron chi connectivity index (χ0n) is 25.0. The molecule has 0 aliphatic carbocycles. The van der Waals surface area contributed by atoms with Crippen LogP contribution >= 0.6 is 11.6 Å². The standard InChI is InChI=1S/C35H33ClN6O3/c1-42-18-6-9-26(42)12-16-32(43)41-30-14-13-29-34(33(30)23-7-5-10-27(19-23)44-2)35(39-22-38-29)40-24-11-15-31(28(36)20-24)45-21-25-8-3-4-17-37-25/h3-5,7-8,10-17,19-20,22,26H,6,9,18,21H2,1-2H3,(H,41,43)(H,38,39,40)/b16-12+. The van der Waals surface area contributed by atoms with Crippen LogP contribution in [0.5, 0.6) is 11.5 Å². The number of ether oxygens (including phenoxy) is 2. The highest BCUT2D eigenvalue weighted by molar-refractivity contribution is 6.32. The third-order valence-electron chi connectivity index (χ3n) is 7.76. The summed E-state index contributed by atoms with van der Waals surface area (Å²) in [7, 11) is 3.70. The number of anilines is 3. The number of amides is 1. The van der Waals surface area contributed by atoms with Crippen LogP contribution in [0.15, 0.2) is 97.5 Å². The molecule has 0 spiro atoms. The second-order valence-electron chi connectivity index (χ2n) is 10.8. The van der Waals surface area contributed by atoms with E-state index in [9.17, 15) is 4.79 Å². The SMILES string of the molecule is COc1cccc(-c2c(NC(=O)/C=C/C3CCCN3C)ccc3ncnc(Nc4ccc(OCc5ccccn5)c(Cl)c4)c23)c1. The first-order valence-electron chi connectivity index (χ1n) is 14.7. The minimum atomic E-state index is -0.210. The number of likely N-dealkylation sites (N-methyl/N-ethyl adjacent to an activating group) is 1. The van der Waals surface area contributed by atoms with Crippen molar-refractivity contribution in [1.82, 2.24) is 19.9 Å². The van der Waals surface area contributed by atoms with Crippen molar-refractivity contribution in [3.05, 3.63) is 108 Å². The van der Waals surface area contributed by atoms with Crippen molar-refractivity contribution in [3.8, 4) is 22.6 Å². The van der Waals surface area contributed by atoms with Crippen LogP contribution in [0.4, 0.5) is 17.2 Å². The zero-order chi connectivity index (χ0) is 31.2. The molecule has 3 aromatic carbocycles. The Kier molecular flexibility index (Phi) is 9.19. The van der Waals surface area contributed by atoms with Gasteiger partial charge in [-0.15, -0.1) is 0 Å². The number of pyridine rings is 1. The average Bonchev–Trinajstić information content (AvgIpc) is 3.48. The molecule has 2 N–H and O–H groups in total. The van der Waals surface area contributed by atoms with Crippen LogP contribution in [-0.4, -0.2) is 52.5 Å². The lowest BCUT2D eigenvalue weighted by atomic mass is 9.98. The maximum atomic E-state index is 13.2. The lowest BCUT2D eigenvalue weighted by Crippen LogP contribution is -2.23. The van der Waals surface area contributed by atoms with Gasteiger partial charge in [-0.25, -0.2) is 9.97 Å². The summed E-state index contributed by atoms with van der Waals surface area (Å²) in [6.07, 6.45) is 8.98. The van der Waals surface area contributed by atoms with E-state index in [1.54, 1.807) is 31.5 Å². The fraction of sp³-hybridized carbons (Fsp3) is 0.200. The summed E-state index contributed by atoms with van der Waals surface area (Å²) in [5.41, 5.74) is 4.43. The van der Waals surface area contributed by atoms with Crippen LogP contribution < -0.4 is 20.1 Å². The van der Waals surface area contributed by atoms with E-state index in [4.69, 9.17) is 21.1 Å². The predicted molar refractivity (Wildman–Crippen MR) is 178 cm³/mol. The van der Waals surface area contributed by atoms with Gasteiger partial charge in [-0.1, -0.05) is 35.9 Å². The molecule has 1 aliphatic rings. The first-order valence-corrected chi connectivity index (χ1v) is 15.1. The number of nitrogens with one attached hydrogen (secondary N) is 2. The summed E-state index contributed by atoms with van der Waals surface area (Å²) in [5.74, 6) is 1.57. The van der Waals surface area contributed by atoms with Gasteiger partial charge < -0.3 is 20.1 Å². The van der Waals surface area contributed by atoms with Gasteiger partial charge in [0, 0.05) is 35.3 Å². The molecule has 9 nitrogen and oxygen atoms in total. The van der Waals surface area contributed by atoms with Gasteiger partial charge in [0.2, 0.25) is 5.91 Å². The van der Waals surface area contributed by atoms with E-state index in [-0.39, 0.29) is 11.9 Å². The average molecular weight is 621 g/mol. The number of hydrogen-bond donors (Lipinski definition) is 2. The molecule has 0 radical (unpaired) electrons. The topological polar surface area (TPSA) is 102 Å². The summed E-state index contributed by atoms with van der Waals surface area (Å²) < 4.78 is 11.4. The fourth-order valence-corrected chi connectivity index (χ4v) is 5.68. The van der Waals surface area contributed by atoms with E-state index in [1.165, 1.54) is 6.33 Å². The Labute approximate surface area is 266 Å². The maximum absolute atomic E-state index is 13.2. The van der Waals surface area contributed by atoms with Gasteiger partial charge in [0.15, 0.2) is 0 Å². The number of rotatable bonds is 10. The van der Waals surface area contributed by atoms with Crippen LogP contribution in [0.1, 0.15) is 18.5 Å². The second-order valence-corrected chi connectivity index (χ2v) is 11.2. The fourth-order valence-electron chi connectivity index (χ4n) is 5.45. The summed E-state index contributed by atoms with van der Waals surface area (Å²) >= 11 is 6.62. The molecule has 1 atom stereocenters. The number of likely N-dealkylation sites (tertiary alicyclic amines) is 1. The Bertz CT molecular complexity index is 1850. The van der Waals surface area contributed by atoms with E-state index in [1.807, 2.05) is 66.7 Å². The van der Waals surface area contributed by atoms with Crippen molar-refractivity contribution in [2.45, 2.75) is 25.5 Å². The molecule has 228 valence electrons. The molecular formula is C35H33ClN6O3. The largest absolute Gasteiger partial charge is 0.497 e. The summed E-state index contributed by atoms with van der Waals surface area (Å²) in [6, 6.07) is 22.8. The third-order valence-corrected chi connectivity index (χ3v) is 8.06. The molecule has 10 heteroatoms. The van der Waals surface area contributed by atoms with Crippen molar-refractivity contribution < 1.29 is 14.3 Å². The third kappa shape index (κ3) is 7.06. The number of benzene rings is 3. The van der Waals surface area contributed by atoms with Gasteiger partial charge in [0.25, 0.3) is 0 Å². The molecule has 0 bridgehead atoms. The summed E-state index contributed by atoms with van der Waals surface area (Å²) in [5, 5.41) is 7.68. The van der Waals surface area contributed by atoms with Gasteiger partial charge in [-0.3, -0.25) is 14.7 Å². The molecule has 1 saturated heterocycles. The molecule has 1 amide bonds. The molecule has 5 aromatic rings. The Morgan fingerprint density at radius 3 is 2.76 bits per heavy atom. The van der Waals surface area contributed by atoms with E-state index in [2.05, 4.69) is 37.5 Å². The number of halogens is 1. The normalized spacial score (nSPS) is 15.0. The number of fused-ring (bicyclic) bond motifs is 1. The van der Waals surface area contributed by atoms with Gasteiger partial charge >= 0.3 is 0 Å². The van der Waals surface area contributed by atoms with Crippen molar-refractivity contribution >= 4 is 45.6 Å². The number of methoxy groups -OCH3 is 1. The second kappa shape index (κ2) is 13.8. The number of aromatic nitrogens is 3. The van der Waals surface area contributed by atoms with Crippen LogP contribution in [0, 0.1) is 0 Å². The Balaban J connectivity index is 1.34. The monoisotopic (exact) mass is 620 g/mol. The van der Waals surface area contributed by atoms with E-state index < -0.39 is 0 Å². The molecule has 3 heterocycles. The van der Waals surface area contributed by atoms with E-state index in [0.29, 0.717) is 45.8 Å². The van der Waals surface area contributed by atoms with Gasteiger partial charge in [-0.2, -0.15) is 0 Å². The first-order chi connectivity index (χ1) is 22.0. The van der Waals surface area contributed by atoms with Crippen molar-refractivity contribution in [3.63, 3.8) is 0 Å². The number of nitrogens with zero attached hydrogens (tertiary/aromatic N) is 4. The summed E-state index contributed by atoms with van der Waals surface area (Å²) in [6.45, 7) is 1.33. The van der Waals surface area contributed by atoms with Gasteiger partial charge in [0.05, 0.1) is 28.7 Å². The highest BCUT2D eigenvalue weighted by Gasteiger charge is 2.20. The van der Waals surface area contributed by atoms with Gasteiger partial charge in [0.1, 0.15) is 30.3 Å². The Morgan fingerprint density at radius 1 is 1.07 bits per heavy atom. The van der Waals surface area contributed by atoms with Gasteiger partial charge in [-0.05, 0) is 86.6 Å². The number of carbonyl (C=O) groups excluding carboxylic acids is 1. The molecule has 1 unspecified atom stereocenters. The van der Waals surface area contributed by atoms with Crippen molar-refractivity contribution in [1.29, 1.82) is 0 Å². The first kappa shape index (κ1) is 30.1.